The van der Waals surface area contributed by atoms with Gasteiger partial charge in [-0.05, 0) is 66.0 Å². The van der Waals surface area contributed by atoms with Crippen LogP contribution in [0.1, 0.15) is 61.0 Å². The van der Waals surface area contributed by atoms with Crippen molar-refractivity contribution in [1.82, 2.24) is 4.57 Å². The van der Waals surface area contributed by atoms with Crippen LogP contribution in [-0.2, 0) is 17.4 Å². The van der Waals surface area contributed by atoms with Crippen LogP contribution in [-0.4, -0.2) is 19.2 Å². The first-order chi connectivity index (χ1) is 11.7. The molecule has 2 aromatic heterocycles. The van der Waals surface area contributed by atoms with E-state index in [-0.39, 0.29) is 0 Å². The minimum Gasteiger partial charge on any atom is -0.309 e. The molecule has 1 unspecified atom stereocenters. The Labute approximate surface area is 155 Å². The lowest BCUT2D eigenvalue weighted by Gasteiger charge is -2.18. The lowest BCUT2D eigenvalue weighted by molar-refractivity contribution is 0.650. The van der Waals surface area contributed by atoms with Gasteiger partial charge in [0.1, 0.15) is 22.1 Å². The van der Waals surface area contributed by atoms with E-state index in [0.29, 0.717) is 5.56 Å². The summed E-state index contributed by atoms with van der Waals surface area (Å²) in [5, 5.41) is 10.8. The maximum Gasteiger partial charge on any atom is 0.145 e. The fourth-order valence-electron chi connectivity index (χ4n) is 3.07. The molecule has 0 bridgehead atoms. The monoisotopic (exact) mass is 373 g/mol. The van der Waals surface area contributed by atoms with Crippen LogP contribution < -0.4 is 0 Å². The van der Waals surface area contributed by atoms with Crippen LogP contribution in [0.15, 0.2) is 16.5 Å². The number of aryl methyl sites for hydroxylation is 3. The zero-order valence-electron chi connectivity index (χ0n) is 15.3. The van der Waals surface area contributed by atoms with E-state index in [4.69, 9.17) is 0 Å². The van der Waals surface area contributed by atoms with E-state index < -0.39 is 15.7 Å². The average molecular weight is 374 g/mol. The highest BCUT2D eigenvalue weighted by atomic mass is 32.2. The predicted molar refractivity (Wildman–Crippen MR) is 105 cm³/mol. The van der Waals surface area contributed by atoms with Crippen LogP contribution in [0.3, 0.4) is 0 Å². The van der Waals surface area contributed by atoms with Gasteiger partial charge < -0.3 is 4.57 Å². The third-order valence-electron chi connectivity index (χ3n) is 4.37. The van der Waals surface area contributed by atoms with Crippen LogP contribution >= 0.6 is 11.3 Å². The van der Waals surface area contributed by atoms with Gasteiger partial charge in [-0.25, -0.2) is 4.21 Å². The van der Waals surface area contributed by atoms with E-state index in [0.717, 1.165) is 46.9 Å². The molecule has 1 aliphatic rings. The molecule has 25 heavy (non-hydrogen) atoms. The second-order valence-electron chi connectivity index (χ2n) is 7.40. The molecule has 0 aromatic carbocycles. The lowest BCUT2D eigenvalue weighted by atomic mass is 9.94. The normalized spacial score (nSPS) is 17.4. The molecule has 132 valence electrons. The minimum atomic E-state index is -1.31. The largest absolute Gasteiger partial charge is 0.309 e. The van der Waals surface area contributed by atoms with Gasteiger partial charge in [-0.2, -0.15) is 9.66 Å². The van der Waals surface area contributed by atoms with Gasteiger partial charge in [0, 0.05) is 21.8 Å². The molecule has 3 rings (SSSR count). The highest BCUT2D eigenvalue weighted by molar-refractivity contribution is 7.85. The number of fused-ring (bicyclic) bond motifs is 1. The highest BCUT2D eigenvalue weighted by Crippen LogP contribution is 2.38. The first-order valence-electron chi connectivity index (χ1n) is 8.45. The number of nitrogens with zero attached hydrogens (tertiary/aromatic N) is 3. The van der Waals surface area contributed by atoms with Crippen LogP contribution in [0.2, 0.25) is 0 Å². The molecule has 1 aliphatic carbocycles. The van der Waals surface area contributed by atoms with Gasteiger partial charge in [0.2, 0.25) is 0 Å². The van der Waals surface area contributed by atoms with Gasteiger partial charge in [0.15, 0.2) is 0 Å². The summed E-state index contributed by atoms with van der Waals surface area (Å²) in [5.41, 5.74) is 4.66. The van der Waals surface area contributed by atoms with Crippen molar-refractivity contribution in [2.45, 2.75) is 58.6 Å². The van der Waals surface area contributed by atoms with Crippen molar-refractivity contribution in [2.75, 3.05) is 0 Å². The van der Waals surface area contributed by atoms with Gasteiger partial charge >= 0.3 is 0 Å². The molecule has 2 aromatic rings. The Balaban J connectivity index is 2.20. The van der Waals surface area contributed by atoms with E-state index >= 15 is 0 Å². The third kappa shape index (κ3) is 3.23. The lowest BCUT2D eigenvalue weighted by Crippen LogP contribution is -2.22. The number of hydrogen-bond acceptors (Lipinski definition) is 3. The summed E-state index contributed by atoms with van der Waals surface area (Å²) in [6.45, 7) is 9.88. The summed E-state index contributed by atoms with van der Waals surface area (Å²) < 4.78 is 18.8. The molecule has 6 heteroatoms. The SMILES string of the molecule is Cc1ccc(C)n1-c1sc2c(c1C#N)C(=NS(=O)C(C)(C)C)CCC2. The Morgan fingerprint density at radius 2 is 1.88 bits per heavy atom. The Morgan fingerprint density at radius 3 is 2.44 bits per heavy atom. The maximum absolute atomic E-state index is 12.5. The summed E-state index contributed by atoms with van der Waals surface area (Å²) in [6, 6.07) is 6.53. The number of nitriles is 1. The van der Waals surface area contributed by atoms with Crippen LogP contribution in [0.4, 0.5) is 0 Å². The van der Waals surface area contributed by atoms with Gasteiger partial charge in [0.05, 0.1) is 16.0 Å². The van der Waals surface area contributed by atoms with E-state index in [1.807, 2.05) is 20.8 Å². The van der Waals surface area contributed by atoms with Crippen molar-refractivity contribution in [3.8, 4) is 11.1 Å². The average Bonchev–Trinajstić information content (AvgIpc) is 3.06. The first kappa shape index (κ1) is 18.1. The second kappa shape index (κ2) is 6.54. The molecule has 0 fully saturated rings. The summed E-state index contributed by atoms with van der Waals surface area (Å²) in [7, 11) is -1.31. The zero-order chi connectivity index (χ0) is 18.4. The molecule has 0 aliphatic heterocycles. The van der Waals surface area contributed by atoms with Crippen molar-refractivity contribution in [1.29, 1.82) is 5.26 Å². The quantitative estimate of drug-likeness (QED) is 0.771. The van der Waals surface area contributed by atoms with E-state index in [9.17, 15) is 9.47 Å². The maximum atomic E-state index is 12.5. The smallest absolute Gasteiger partial charge is 0.145 e. The molecule has 0 saturated heterocycles. The van der Waals surface area contributed by atoms with Crippen molar-refractivity contribution < 1.29 is 4.21 Å². The van der Waals surface area contributed by atoms with Gasteiger partial charge in [-0.3, -0.25) is 0 Å². The van der Waals surface area contributed by atoms with E-state index in [1.54, 1.807) is 11.3 Å². The predicted octanol–water partition coefficient (Wildman–Crippen LogP) is 4.61. The first-order valence-corrected chi connectivity index (χ1v) is 10.4. The van der Waals surface area contributed by atoms with Crippen molar-refractivity contribution >= 4 is 28.0 Å². The van der Waals surface area contributed by atoms with Gasteiger partial charge in [-0.1, -0.05) is 0 Å². The Morgan fingerprint density at radius 1 is 1.24 bits per heavy atom. The zero-order valence-corrected chi connectivity index (χ0v) is 17.0. The van der Waals surface area contributed by atoms with E-state index in [2.05, 4.69) is 41.0 Å². The Hall–Kier alpha value is -1.71. The molecule has 4 nitrogen and oxygen atoms in total. The van der Waals surface area contributed by atoms with Crippen molar-refractivity contribution in [3.63, 3.8) is 0 Å². The number of rotatable bonds is 2. The fourth-order valence-corrected chi connectivity index (χ4v) is 5.15. The van der Waals surface area contributed by atoms with E-state index in [1.165, 1.54) is 4.88 Å². The number of aromatic nitrogens is 1. The van der Waals surface area contributed by atoms with Crippen molar-refractivity contribution in [2.24, 2.45) is 4.40 Å². The molecule has 0 amide bonds. The standard InChI is InChI=1S/C19H23N3OS2/c1-12-9-10-13(2)22(12)18-14(11-20)17-15(7-6-8-16(17)24-18)21-25(23)19(3,4)5/h9-10H,6-8H2,1-5H3. The molecule has 0 N–H and O–H groups in total. The molecule has 2 heterocycles. The second-order valence-corrected chi connectivity index (χ2v) is 10.4. The molecule has 0 spiro atoms. The third-order valence-corrected chi connectivity index (χ3v) is 7.04. The molecule has 1 atom stereocenters. The Kier molecular flexibility index (Phi) is 4.74. The fraction of sp³-hybridized carbons (Fsp3) is 0.474. The van der Waals surface area contributed by atoms with Gasteiger partial charge in [-0.15, -0.1) is 11.3 Å². The summed E-state index contributed by atoms with van der Waals surface area (Å²) in [6.07, 6.45) is 2.72. The molecular weight excluding hydrogens is 350 g/mol. The summed E-state index contributed by atoms with van der Waals surface area (Å²) in [5.74, 6) is 0. The number of thiophene rings is 1. The van der Waals surface area contributed by atoms with Crippen LogP contribution in [0, 0.1) is 25.2 Å². The Bertz CT molecular complexity index is 900. The van der Waals surface area contributed by atoms with Crippen LogP contribution in [0.5, 0.6) is 0 Å². The molecule has 0 saturated carbocycles. The van der Waals surface area contributed by atoms with Gasteiger partial charge in [0.25, 0.3) is 0 Å². The highest BCUT2D eigenvalue weighted by Gasteiger charge is 2.29. The van der Waals surface area contributed by atoms with Crippen LogP contribution in [0.25, 0.3) is 5.00 Å². The minimum absolute atomic E-state index is 0.399. The topological polar surface area (TPSA) is 58.1 Å². The number of hydrogen-bond donors (Lipinski definition) is 0. The van der Waals surface area contributed by atoms with Crippen molar-refractivity contribution in [3.05, 3.63) is 39.5 Å². The summed E-state index contributed by atoms with van der Waals surface area (Å²) >= 11 is 1.67. The molecular formula is C19H23N3OS2. The summed E-state index contributed by atoms with van der Waals surface area (Å²) in [4.78, 5) is 1.19. The molecule has 0 radical (unpaired) electrons.